The molecule has 0 spiro atoms. The maximum Gasteiger partial charge on any atom is 0.0239 e. The van der Waals surface area contributed by atoms with Crippen LogP contribution in [0.2, 0.25) is 0 Å². The molecule has 17 heavy (non-hydrogen) atoms. The topological polar surface area (TPSA) is 3.24 Å². The monoisotopic (exact) mass is 229 g/mol. The highest BCUT2D eigenvalue weighted by molar-refractivity contribution is 5.15. The first-order chi connectivity index (χ1) is 8.34. The number of benzene rings is 1. The Labute approximate surface area is 105 Å². The lowest BCUT2D eigenvalue weighted by Crippen LogP contribution is -2.37. The average Bonchev–Trinajstić information content (AvgIpc) is 2.68. The average molecular weight is 229 g/mol. The van der Waals surface area contributed by atoms with Crippen molar-refractivity contribution in [3.8, 4) is 0 Å². The molecule has 1 heteroatoms. The van der Waals surface area contributed by atoms with E-state index in [4.69, 9.17) is 0 Å². The highest BCUT2D eigenvalue weighted by Crippen LogP contribution is 2.40. The molecule has 0 radical (unpaired) electrons. The van der Waals surface area contributed by atoms with E-state index in [1.54, 1.807) is 0 Å². The molecule has 3 rings (SSSR count). The Hall–Kier alpha value is -0.820. The van der Waals surface area contributed by atoms with Crippen molar-refractivity contribution in [3.05, 3.63) is 35.9 Å². The second-order valence-electron chi connectivity index (χ2n) is 5.85. The Morgan fingerprint density at radius 2 is 1.88 bits per heavy atom. The molecule has 2 aliphatic rings. The molecular formula is C16H23N. The van der Waals surface area contributed by atoms with E-state index in [0.717, 1.165) is 24.5 Å². The summed E-state index contributed by atoms with van der Waals surface area (Å²) in [6, 6.07) is 12.6. The molecule has 1 aliphatic carbocycles. The van der Waals surface area contributed by atoms with Gasteiger partial charge in [-0.1, -0.05) is 43.2 Å². The molecule has 92 valence electrons. The van der Waals surface area contributed by atoms with Gasteiger partial charge in [-0.2, -0.15) is 0 Å². The second kappa shape index (κ2) is 4.81. The van der Waals surface area contributed by atoms with Gasteiger partial charge in [-0.15, -0.1) is 0 Å². The number of nitrogens with zero attached hydrogens (tertiary/aromatic N) is 1. The Kier molecular flexibility index (Phi) is 3.19. The van der Waals surface area contributed by atoms with Crippen molar-refractivity contribution < 1.29 is 0 Å². The van der Waals surface area contributed by atoms with Gasteiger partial charge in [-0.3, -0.25) is 4.90 Å². The minimum absolute atomic E-state index is 0.781. The molecule has 1 aromatic carbocycles. The Morgan fingerprint density at radius 3 is 2.71 bits per heavy atom. The predicted octanol–water partition coefficient (Wildman–Crippen LogP) is 3.84. The van der Waals surface area contributed by atoms with E-state index in [9.17, 15) is 0 Å². The van der Waals surface area contributed by atoms with E-state index in [2.05, 4.69) is 42.2 Å². The van der Waals surface area contributed by atoms with Crippen LogP contribution in [-0.4, -0.2) is 17.0 Å². The minimum atomic E-state index is 0.781. The Bertz CT molecular complexity index is 359. The van der Waals surface area contributed by atoms with E-state index in [1.807, 2.05) is 0 Å². The van der Waals surface area contributed by atoms with Gasteiger partial charge in [-0.25, -0.2) is 0 Å². The zero-order valence-corrected chi connectivity index (χ0v) is 10.8. The third kappa shape index (κ3) is 2.26. The van der Waals surface area contributed by atoms with Crippen molar-refractivity contribution >= 4 is 0 Å². The highest BCUT2D eigenvalue weighted by Gasteiger charge is 2.39. The second-order valence-corrected chi connectivity index (χ2v) is 5.85. The summed E-state index contributed by atoms with van der Waals surface area (Å²) in [7, 11) is 0. The zero-order valence-electron chi connectivity index (χ0n) is 10.8. The SMILES string of the molecule is CC1CC2CCCCC2N1Cc1ccccc1. The minimum Gasteiger partial charge on any atom is -0.293 e. The molecule has 0 aromatic heterocycles. The summed E-state index contributed by atoms with van der Waals surface area (Å²) in [5.74, 6) is 0.988. The normalized spacial score (nSPS) is 33.6. The standard InChI is InChI=1S/C16H23N/c1-13-11-15-9-5-6-10-16(15)17(13)12-14-7-3-2-4-8-14/h2-4,7-8,13,15-16H,5-6,9-12H2,1H3. The van der Waals surface area contributed by atoms with Crippen molar-refractivity contribution in [2.24, 2.45) is 5.92 Å². The molecular weight excluding hydrogens is 206 g/mol. The van der Waals surface area contributed by atoms with E-state index >= 15 is 0 Å². The summed E-state index contributed by atoms with van der Waals surface area (Å²) in [6.07, 6.45) is 7.24. The fraction of sp³-hybridized carbons (Fsp3) is 0.625. The van der Waals surface area contributed by atoms with Gasteiger partial charge in [0.25, 0.3) is 0 Å². The summed E-state index contributed by atoms with van der Waals surface area (Å²) in [5, 5.41) is 0. The number of hydrogen-bond acceptors (Lipinski definition) is 1. The van der Waals surface area contributed by atoms with Gasteiger partial charge in [0.2, 0.25) is 0 Å². The van der Waals surface area contributed by atoms with E-state index < -0.39 is 0 Å². The number of fused-ring (bicyclic) bond motifs is 1. The molecule has 1 aromatic rings. The van der Waals surface area contributed by atoms with Crippen molar-refractivity contribution in [2.45, 2.75) is 57.7 Å². The van der Waals surface area contributed by atoms with E-state index in [1.165, 1.54) is 37.7 Å². The third-order valence-electron chi connectivity index (χ3n) is 4.71. The molecule has 3 atom stereocenters. The summed E-state index contributed by atoms with van der Waals surface area (Å²) < 4.78 is 0. The van der Waals surface area contributed by atoms with Gasteiger partial charge in [0.05, 0.1) is 0 Å². The molecule has 0 N–H and O–H groups in total. The quantitative estimate of drug-likeness (QED) is 0.745. The first-order valence-corrected chi connectivity index (χ1v) is 7.14. The van der Waals surface area contributed by atoms with Crippen LogP contribution in [-0.2, 0) is 6.54 Å². The van der Waals surface area contributed by atoms with Crippen LogP contribution in [0.5, 0.6) is 0 Å². The zero-order chi connectivity index (χ0) is 11.7. The van der Waals surface area contributed by atoms with Crippen LogP contribution in [0.4, 0.5) is 0 Å². The largest absolute Gasteiger partial charge is 0.293 e. The maximum absolute atomic E-state index is 2.76. The maximum atomic E-state index is 2.76. The van der Waals surface area contributed by atoms with Crippen LogP contribution in [0.1, 0.15) is 44.6 Å². The van der Waals surface area contributed by atoms with Crippen LogP contribution in [0.15, 0.2) is 30.3 Å². The summed E-state index contributed by atoms with van der Waals surface area (Å²) in [5.41, 5.74) is 1.48. The molecule has 0 amide bonds. The molecule has 0 bridgehead atoms. The van der Waals surface area contributed by atoms with Crippen LogP contribution >= 0.6 is 0 Å². The van der Waals surface area contributed by atoms with Gasteiger partial charge >= 0.3 is 0 Å². The number of rotatable bonds is 2. The van der Waals surface area contributed by atoms with Crippen molar-refractivity contribution in [2.75, 3.05) is 0 Å². The molecule has 2 fully saturated rings. The van der Waals surface area contributed by atoms with Gasteiger partial charge in [-0.05, 0) is 37.7 Å². The Morgan fingerprint density at radius 1 is 1.12 bits per heavy atom. The van der Waals surface area contributed by atoms with Crippen LogP contribution in [0.25, 0.3) is 0 Å². The smallest absolute Gasteiger partial charge is 0.0239 e. The molecule has 1 aliphatic heterocycles. The van der Waals surface area contributed by atoms with Crippen molar-refractivity contribution in [1.29, 1.82) is 0 Å². The van der Waals surface area contributed by atoms with Crippen molar-refractivity contribution in [1.82, 2.24) is 4.90 Å². The fourth-order valence-corrected chi connectivity index (χ4v) is 3.87. The third-order valence-corrected chi connectivity index (χ3v) is 4.71. The van der Waals surface area contributed by atoms with E-state index in [-0.39, 0.29) is 0 Å². The number of likely N-dealkylation sites (tertiary alicyclic amines) is 1. The lowest BCUT2D eigenvalue weighted by atomic mass is 9.85. The van der Waals surface area contributed by atoms with Crippen molar-refractivity contribution in [3.63, 3.8) is 0 Å². The first-order valence-electron chi connectivity index (χ1n) is 7.14. The lowest BCUT2D eigenvalue weighted by Gasteiger charge is -2.33. The van der Waals surface area contributed by atoms with Crippen LogP contribution < -0.4 is 0 Å². The number of hydrogen-bond donors (Lipinski definition) is 0. The van der Waals surface area contributed by atoms with E-state index in [0.29, 0.717) is 0 Å². The first kappa shape index (κ1) is 11.3. The molecule has 3 unspecified atom stereocenters. The lowest BCUT2D eigenvalue weighted by molar-refractivity contribution is 0.149. The highest BCUT2D eigenvalue weighted by atomic mass is 15.2. The Balaban J connectivity index is 1.73. The fourth-order valence-electron chi connectivity index (χ4n) is 3.87. The molecule has 1 saturated carbocycles. The molecule has 1 heterocycles. The van der Waals surface area contributed by atoms with Crippen LogP contribution in [0.3, 0.4) is 0 Å². The van der Waals surface area contributed by atoms with Gasteiger partial charge in [0, 0.05) is 18.6 Å². The predicted molar refractivity (Wildman–Crippen MR) is 71.8 cm³/mol. The van der Waals surface area contributed by atoms with Gasteiger partial charge in [0.1, 0.15) is 0 Å². The van der Waals surface area contributed by atoms with Gasteiger partial charge in [0.15, 0.2) is 0 Å². The van der Waals surface area contributed by atoms with Crippen LogP contribution in [0, 0.1) is 5.92 Å². The summed E-state index contributed by atoms with van der Waals surface area (Å²) in [6.45, 7) is 3.57. The van der Waals surface area contributed by atoms with Gasteiger partial charge < -0.3 is 0 Å². The molecule has 1 saturated heterocycles. The summed E-state index contributed by atoms with van der Waals surface area (Å²) >= 11 is 0. The molecule has 1 nitrogen and oxygen atoms in total. The summed E-state index contributed by atoms with van der Waals surface area (Å²) in [4.78, 5) is 2.76.